The van der Waals surface area contributed by atoms with Crippen molar-refractivity contribution in [3.8, 4) is 0 Å². The summed E-state index contributed by atoms with van der Waals surface area (Å²) in [4.78, 5) is 47.8. The Balaban J connectivity index is -0.000000989. The van der Waals surface area contributed by atoms with Crippen molar-refractivity contribution in [3.05, 3.63) is 24.4 Å². The number of ketones is 2. The molecule has 0 aliphatic carbocycles. The number of amides is 2. The smallest absolute Gasteiger partial charge is 0.311 e. The Hall–Kier alpha value is -1.10. The minimum Gasteiger partial charge on any atom is -0.437 e. The maximum absolute atomic E-state index is 12.5. The lowest BCUT2D eigenvalue weighted by Crippen LogP contribution is -2.52. The summed E-state index contributed by atoms with van der Waals surface area (Å²) in [6.45, 7) is 52.5. The summed E-state index contributed by atoms with van der Waals surface area (Å²) in [5.74, 6) is 2.40. The molecule has 0 spiro atoms. The quantitative estimate of drug-likeness (QED) is 0.0370. The van der Waals surface area contributed by atoms with Gasteiger partial charge in [-0.15, -0.1) is 6.58 Å². The van der Waals surface area contributed by atoms with Crippen LogP contribution >= 0.6 is 0 Å². The van der Waals surface area contributed by atoms with E-state index < -0.39 is 50.4 Å². The molecule has 2 N–H and O–H groups in total. The molecule has 0 aliphatic heterocycles. The first-order valence-electron chi connectivity index (χ1n) is 26.0. The summed E-state index contributed by atoms with van der Waals surface area (Å²) in [5.41, 5.74) is 1.97. The molecule has 0 aliphatic rings. The van der Waals surface area contributed by atoms with Crippen LogP contribution in [0.4, 0.5) is 0 Å². The van der Waals surface area contributed by atoms with Gasteiger partial charge in [0.1, 0.15) is 11.6 Å². The van der Waals surface area contributed by atoms with Crippen LogP contribution in [0, 0.1) is 29.6 Å². The van der Waals surface area contributed by atoms with Gasteiger partial charge >= 0.3 is 17.1 Å². The number of hydrogen-bond acceptors (Lipinski definition) is 8. The van der Waals surface area contributed by atoms with E-state index in [0.717, 1.165) is 50.7 Å². The van der Waals surface area contributed by atoms with Crippen LogP contribution in [0.5, 0.6) is 0 Å². The molecule has 0 fully saturated rings. The van der Waals surface area contributed by atoms with E-state index in [-0.39, 0.29) is 41.1 Å². The third-order valence-corrected chi connectivity index (χ3v) is 29.9. The maximum Gasteiger partial charge on any atom is 0.311 e. The van der Waals surface area contributed by atoms with Gasteiger partial charge in [-0.2, -0.15) is 0 Å². The van der Waals surface area contributed by atoms with E-state index in [1.165, 1.54) is 32.1 Å². The van der Waals surface area contributed by atoms with Gasteiger partial charge in [-0.05, 0) is 141 Å². The molecular weight excluding hydrogens is 937 g/mol. The zero-order valence-corrected chi connectivity index (χ0v) is 53.9. The molecule has 0 aromatic carbocycles. The van der Waals surface area contributed by atoms with Crippen molar-refractivity contribution in [1.29, 1.82) is 0 Å². The largest absolute Gasteiger partial charge is 0.437 e. The summed E-state index contributed by atoms with van der Waals surface area (Å²) in [6.07, 6.45) is 15.8. The van der Waals surface area contributed by atoms with E-state index in [0.29, 0.717) is 31.6 Å². The molecule has 0 aromatic heterocycles. The Morgan fingerprint density at radius 3 is 1.42 bits per heavy atom. The number of hydrogen-bond donors (Lipinski definition) is 2. The highest BCUT2D eigenvalue weighted by Gasteiger charge is 2.40. The van der Waals surface area contributed by atoms with Crippen LogP contribution < -0.4 is 10.6 Å². The number of unbranched alkanes of at least 4 members (excludes halogenated alkanes) is 4. The molecule has 0 aromatic rings. The summed E-state index contributed by atoms with van der Waals surface area (Å²) in [6, 6.07) is 0.886. The van der Waals surface area contributed by atoms with Gasteiger partial charge in [-0.3, -0.25) is 19.2 Å². The van der Waals surface area contributed by atoms with E-state index in [1.54, 1.807) is 12.2 Å². The second kappa shape index (κ2) is 35.1. The summed E-state index contributed by atoms with van der Waals surface area (Å²) >= 11 is 0. The fraction of sp³-hybridized carbons (Fsp3) is 0.843. The van der Waals surface area contributed by atoms with E-state index in [1.807, 2.05) is 33.4 Å². The SMILES string of the molecule is C=C[Si](C)(C)O[Si](C)(C)O[Si](C)(C)C.CC(C)CCCCCCCNC(=O)C/C=C/CC(=O)C(C)C.CC(C)CCCNC(=O)CCC(CC(=O)C(C)C)C[Si](C)(C)O[Si](C)(C)O[Si](C)(C)C. The van der Waals surface area contributed by atoms with Crippen LogP contribution in [-0.2, 0) is 35.6 Å². The van der Waals surface area contributed by atoms with Crippen molar-refractivity contribution >= 4 is 73.8 Å². The van der Waals surface area contributed by atoms with Gasteiger partial charge in [0.25, 0.3) is 0 Å². The average molecular weight is 1050 g/mol. The van der Waals surface area contributed by atoms with Gasteiger partial charge in [0.05, 0.1) is 0 Å². The first-order chi connectivity index (χ1) is 30.3. The third kappa shape index (κ3) is 48.3. The lowest BCUT2D eigenvalue weighted by Gasteiger charge is -2.38. The average Bonchev–Trinajstić information content (AvgIpc) is 3.12. The summed E-state index contributed by atoms with van der Waals surface area (Å²) in [5, 5.41) is 5.97. The number of carbonyl (C=O) groups excluding carboxylic acids is 4. The molecule has 0 saturated heterocycles. The highest BCUT2D eigenvalue weighted by atomic mass is 28.5. The number of allylic oxidation sites excluding steroid dienone is 1. The number of Topliss-reactive ketones (excluding diaryl/α,β-unsaturated/α-hetero) is 2. The van der Waals surface area contributed by atoms with Crippen molar-refractivity contribution in [1.82, 2.24) is 10.6 Å². The first-order valence-corrected chi connectivity index (χ1v) is 44.6. The fourth-order valence-electron chi connectivity index (χ4n) is 7.69. The summed E-state index contributed by atoms with van der Waals surface area (Å²) < 4.78 is 25.3. The number of carbonyl (C=O) groups is 4. The van der Waals surface area contributed by atoms with Gasteiger partial charge in [0.2, 0.25) is 11.8 Å². The van der Waals surface area contributed by atoms with Crippen LogP contribution in [0.3, 0.4) is 0 Å². The third-order valence-electron chi connectivity index (χ3n) is 10.3. The molecule has 1 unspecified atom stereocenters. The van der Waals surface area contributed by atoms with Crippen molar-refractivity contribution in [2.45, 2.75) is 237 Å². The highest BCUT2D eigenvalue weighted by Crippen LogP contribution is 2.30. The second-order valence-electron chi connectivity index (χ2n) is 24.1. The molecule has 10 nitrogen and oxygen atoms in total. The van der Waals surface area contributed by atoms with E-state index in [9.17, 15) is 19.2 Å². The topological polar surface area (TPSA) is 129 Å². The normalized spacial score (nSPS) is 13.3. The van der Waals surface area contributed by atoms with Gasteiger partial charge < -0.3 is 27.1 Å². The fourth-order valence-corrected chi connectivity index (χ4v) is 33.4. The molecule has 1 atom stereocenters. The monoisotopic (exact) mass is 1050 g/mol. The Morgan fingerprint density at radius 2 is 0.940 bits per heavy atom. The molecule has 2 amide bonds. The van der Waals surface area contributed by atoms with Gasteiger partial charge in [0.15, 0.2) is 33.3 Å². The Kier molecular flexibility index (Phi) is 36.7. The van der Waals surface area contributed by atoms with Crippen LogP contribution in [0.15, 0.2) is 24.4 Å². The van der Waals surface area contributed by atoms with Crippen LogP contribution in [0.1, 0.15) is 139 Å². The second-order valence-corrected chi connectivity index (χ2v) is 49.0. The van der Waals surface area contributed by atoms with Crippen LogP contribution in [-0.4, -0.2) is 86.9 Å². The lowest BCUT2D eigenvalue weighted by molar-refractivity contribution is -0.124. The van der Waals surface area contributed by atoms with Gasteiger partial charge in [0, 0.05) is 50.6 Å². The Labute approximate surface area is 421 Å². The molecule has 396 valence electrons. The predicted molar refractivity (Wildman–Crippen MR) is 304 cm³/mol. The van der Waals surface area contributed by atoms with Crippen molar-refractivity contribution < 1.29 is 35.6 Å². The molecule has 16 heteroatoms. The minimum atomic E-state index is -2.22. The molecule has 0 heterocycles. The lowest BCUT2D eigenvalue weighted by atomic mass is 9.94. The summed E-state index contributed by atoms with van der Waals surface area (Å²) in [7, 11) is -11.1. The van der Waals surface area contributed by atoms with E-state index >= 15 is 0 Å². The zero-order valence-electron chi connectivity index (χ0n) is 47.9. The molecular formula is C51H110N2O8Si6. The molecule has 67 heavy (non-hydrogen) atoms. The standard InChI is InChI=1S/C23H51NO4Si3.C19H35NO2.C9H24O2Si3/c1-19(2)13-12-16-24-23(26)15-14-21(17-22(25)20(3)4)18-30(8,9)28-31(10,11)27-29(5,6)7;1-16(2)12-8-6-5-7-11-15-20-19(22)14-10-9-13-18(21)17(3)4;1-9-13(5,6)11-14(7,8)10-12(2,3)4/h19-21H,12-18H2,1-11H3,(H,24,26);9-10,16-17H,5-8,11-15H2,1-4H3,(H,20,22);9H,1H2,2-8H3/b;10-9+;. The number of nitrogens with one attached hydrogen (secondary N) is 2. The van der Waals surface area contributed by atoms with E-state index in [4.69, 9.17) is 16.5 Å². The molecule has 0 rings (SSSR count). The first kappa shape index (κ1) is 70.2. The molecule has 0 radical (unpaired) electrons. The van der Waals surface area contributed by atoms with Crippen molar-refractivity contribution in [2.24, 2.45) is 29.6 Å². The van der Waals surface area contributed by atoms with Crippen molar-refractivity contribution in [3.63, 3.8) is 0 Å². The van der Waals surface area contributed by atoms with Gasteiger partial charge in [-0.25, -0.2) is 0 Å². The molecule has 0 bridgehead atoms. The van der Waals surface area contributed by atoms with Crippen LogP contribution in [0.25, 0.3) is 0 Å². The van der Waals surface area contributed by atoms with Crippen LogP contribution in [0.2, 0.25) is 97.7 Å². The van der Waals surface area contributed by atoms with E-state index in [2.05, 4.69) is 137 Å². The minimum absolute atomic E-state index is 0.0269. The van der Waals surface area contributed by atoms with Crippen molar-refractivity contribution in [2.75, 3.05) is 13.1 Å². The highest BCUT2D eigenvalue weighted by molar-refractivity contribution is 6.89. The Morgan fingerprint density at radius 1 is 0.507 bits per heavy atom. The Bertz CT molecular complexity index is 1420. The number of rotatable bonds is 34. The zero-order chi connectivity index (χ0) is 52.9. The predicted octanol–water partition coefficient (Wildman–Crippen LogP) is 14.5. The molecule has 0 saturated carbocycles. The maximum atomic E-state index is 12.5. The van der Waals surface area contributed by atoms with Gasteiger partial charge in [-0.1, -0.05) is 105 Å².